The summed E-state index contributed by atoms with van der Waals surface area (Å²) < 4.78 is 52.0. The van der Waals surface area contributed by atoms with E-state index in [1.807, 2.05) is 41.3 Å². The topological polar surface area (TPSA) is 58.8 Å². The van der Waals surface area contributed by atoms with Crippen LogP contribution in [0.3, 0.4) is 0 Å². The molecular weight excluding hydrogens is 591 g/mol. The molecule has 1 fully saturated rings. The van der Waals surface area contributed by atoms with Gasteiger partial charge in [0.1, 0.15) is 5.76 Å². The summed E-state index contributed by atoms with van der Waals surface area (Å²) in [7, 11) is 0. The van der Waals surface area contributed by atoms with Crippen molar-refractivity contribution in [1.29, 1.82) is 0 Å². The molecule has 0 spiro atoms. The van der Waals surface area contributed by atoms with E-state index in [0.717, 1.165) is 43.1 Å². The third-order valence-corrected chi connectivity index (χ3v) is 8.26. The van der Waals surface area contributed by atoms with Crippen molar-refractivity contribution < 1.29 is 27.2 Å². The minimum Gasteiger partial charge on any atom is -0.475 e. The van der Waals surface area contributed by atoms with E-state index >= 15 is 0 Å². The van der Waals surface area contributed by atoms with Crippen molar-refractivity contribution >= 4 is 17.5 Å². The number of carbonyl (C=O) groups is 1. The smallest absolute Gasteiger partial charge is 0.417 e. The minimum atomic E-state index is -4.54. The number of rotatable bonds is 13. The third kappa shape index (κ3) is 8.42. The molecule has 2 heterocycles. The molecule has 0 N–H and O–H groups in total. The van der Waals surface area contributed by atoms with E-state index in [0.29, 0.717) is 43.3 Å². The van der Waals surface area contributed by atoms with Gasteiger partial charge in [0.2, 0.25) is 5.91 Å². The van der Waals surface area contributed by atoms with Gasteiger partial charge in [0.05, 0.1) is 23.6 Å². The highest BCUT2D eigenvalue weighted by Crippen LogP contribution is 2.37. The van der Waals surface area contributed by atoms with Crippen LogP contribution in [0.1, 0.15) is 53.2 Å². The maximum absolute atomic E-state index is 13.6. The Morgan fingerprint density at radius 1 is 0.977 bits per heavy atom. The van der Waals surface area contributed by atoms with Crippen molar-refractivity contribution in [1.82, 2.24) is 15.0 Å². The highest BCUT2D eigenvalue weighted by Gasteiger charge is 2.34. The SMILES string of the molecule is O=C(Cc1cc(OCCCN(Cc2cccc(C(F)(F)F)c2Cl)CC(c2ccccc2)c2ccccc2)no1)N1CCCC1. The Balaban J connectivity index is 1.28. The van der Waals surface area contributed by atoms with Crippen LogP contribution >= 0.6 is 11.6 Å². The van der Waals surface area contributed by atoms with Crippen LogP contribution in [0.25, 0.3) is 0 Å². The Bertz CT molecular complexity index is 1450. The predicted molar refractivity (Wildman–Crippen MR) is 163 cm³/mol. The van der Waals surface area contributed by atoms with Crippen molar-refractivity contribution in [2.24, 2.45) is 0 Å². The fraction of sp³-hybridized carbons (Fsp3) is 0.353. The highest BCUT2D eigenvalue weighted by molar-refractivity contribution is 6.32. The van der Waals surface area contributed by atoms with Crippen LogP contribution in [0.15, 0.2) is 89.5 Å². The number of likely N-dealkylation sites (tertiary alicyclic amines) is 1. The number of ether oxygens (including phenoxy) is 1. The summed E-state index contributed by atoms with van der Waals surface area (Å²) in [5.41, 5.74) is 1.78. The van der Waals surface area contributed by atoms with Crippen LogP contribution in [0.5, 0.6) is 5.88 Å². The van der Waals surface area contributed by atoms with Gasteiger partial charge in [0.25, 0.3) is 5.88 Å². The molecule has 4 aromatic rings. The molecule has 232 valence electrons. The zero-order valence-electron chi connectivity index (χ0n) is 24.3. The Hall–Kier alpha value is -3.82. The van der Waals surface area contributed by atoms with Crippen molar-refractivity contribution in [2.45, 2.75) is 44.3 Å². The molecule has 1 amide bonds. The second-order valence-corrected chi connectivity index (χ2v) is 11.4. The Morgan fingerprint density at radius 2 is 1.64 bits per heavy atom. The van der Waals surface area contributed by atoms with E-state index in [-0.39, 0.29) is 29.8 Å². The summed E-state index contributed by atoms with van der Waals surface area (Å²) in [6.07, 6.45) is -1.79. The lowest BCUT2D eigenvalue weighted by atomic mass is 9.90. The average Bonchev–Trinajstić information content (AvgIpc) is 3.72. The molecule has 6 nitrogen and oxygen atoms in total. The van der Waals surface area contributed by atoms with Gasteiger partial charge in [-0.1, -0.05) is 84.4 Å². The zero-order chi connectivity index (χ0) is 30.9. The number of hydrogen-bond donors (Lipinski definition) is 0. The van der Waals surface area contributed by atoms with Crippen LogP contribution in [0.4, 0.5) is 13.2 Å². The van der Waals surface area contributed by atoms with Gasteiger partial charge in [-0.2, -0.15) is 13.2 Å². The fourth-order valence-corrected chi connectivity index (χ4v) is 5.86. The first-order valence-corrected chi connectivity index (χ1v) is 15.2. The van der Waals surface area contributed by atoms with Gasteiger partial charge in [-0.05, 0) is 47.2 Å². The van der Waals surface area contributed by atoms with Crippen molar-refractivity contribution in [3.8, 4) is 5.88 Å². The first-order chi connectivity index (χ1) is 21.3. The number of halogens is 4. The molecule has 0 atom stereocenters. The van der Waals surface area contributed by atoms with E-state index in [1.54, 1.807) is 12.1 Å². The molecule has 1 saturated heterocycles. The van der Waals surface area contributed by atoms with Crippen LogP contribution in [-0.4, -0.2) is 53.6 Å². The lowest BCUT2D eigenvalue weighted by Gasteiger charge is -2.29. The van der Waals surface area contributed by atoms with Crippen LogP contribution in [0.2, 0.25) is 5.02 Å². The van der Waals surface area contributed by atoms with E-state index in [9.17, 15) is 18.0 Å². The van der Waals surface area contributed by atoms with Crippen LogP contribution in [0, 0.1) is 0 Å². The Morgan fingerprint density at radius 3 is 2.27 bits per heavy atom. The van der Waals surface area contributed by atoms with Gasteiger partial charge in [0, 0.05) is 44.7 Å². The first-order valence-electron chi connectivity index (χ1n) is 14.8. The van der Waals surface area contributed by atoms with Gasteiger partial charge in [0.15, 0.2) is 0 Å². The number of carbonyl (C=O) groups excluding carboxylic acids is 1. The molecule has 5 rings (SSSR count). The van der Waals surface area contributed by atoms with Crippen molar-refractivity contribution in [2.75, 3.05) is 32.8 Å². The standard InChI is InChI=1S/C34H35ClF3N3O3/c35-33-27(15-9-16-30(33)34(36,37)38)23-40(24-29(25-11-3-1-4-12-25)26-13-5-2-6-14-26)17-10-20-43-31-21-28(44-39-31)22-32(42)41-18-7-8-19-41/h1-6,9,11-16,21,29H,7-8,10,17-20,22-24H2. The molecular formula is C34H35ClF3N3O3. The predicted octanol–water partition coefficient (Wildman–Crippen LogP) is 7.61. The van der Waals surface area contributed by atoms with Gasteiger partial charge in [-0.15, -0.1) is 0 Å². The molecule has 1 aliphatic heterocycles. The van der Waals surface area contributed by atoms with Gasteiger partial charge in [-0.3, -0.25) is 9.69 Å². The molecule has 0 saturated carbocycles. The summed E-state index contributed by atoms with van der Waals surface area (Å²) in [5.74, 6) is 0.744. The number of amides is 1. The molecule has 1 aliphatic rings. The molecule has 44 heavy (non-hydrogen) atoms. The normalized spacial score (nSPS) is 13.6. The molecule has 0 unspecified atom stereocenters. The summed E-state index contributed by atoms with van der Waals surface area (Å²) in [5, 5.41) is 3.67. The zero-order valence-corrected chi connectivity index (χ0v) is 25.1. The number of alkyl halides is 3. The van der Waals surface area contributed by atoms with Gasteiger partial charge >= 0.3 is 6.18 Å². The second kappa shape index (κ2) is 14.8. The van der Waals surface area contributed by atoms with Crippen molar-refractivity contribution in [3.63, 3.8) is 0 Å². The molecule has 0 bridgehead atoms. The third-order valence-electron chi connectivity index (χ3n) is 7.81. The van der Waals surface area contributed by atoms with E-state index < -0.39 is 11.7 Å². The molecule has 0 aliphatic carbocycles. The largest absolute Gasteiger partial charge is 0.475 e. The van der Waals surface area contributed by atoms with Crippen molar-refractivity contribution in [3.05, 3.63) is 118 Å². The number of benzene rings is 3. The second-order valence-electron chi connectivity index (χ2n) is 11.0. The number of hydrogen-bond acceptors (Lipinski definition) is 5. The lowest BCUT2D eigenvalue weighted by molar-refractivity contribution is -0.137. The fourth-order valence-electron chi connectivity index (χ4n) is 5.57. The van der Waals surface area contributed by atoms with Crippen LogP contribution < -0.4 is 4.74 Å². The monoisotopic (exact) mass is 625 g/mol. The van der Waals surface area contributed by atoms with Crippen LogP contribution in [-0.2, 0) is 23.9 Å². The number of aromatic nitrogens is 1. The molecule has 1 aromatic heterocycles. The summed E-state index contributed by atoms with van der Waals surface area (Å²) in [4.78, 5) is 16.4. The molecule has 0 radical (unpaired) electrons. The van der Waals surface area contributed by atoms with Gasteiger partial charge < -0.3 is 14.2 Å². The summed E-state index contributed by atoms with van der Waals surface area (Å²) in [6.45, 7) is 3.15. The first kappa shape index (κ1) is 31.6. The van der Waals surface area contributed by atoms with E-state index in [2.05, 4.69) is 34.3 Å². The Kier molecular flexibility index (Phi) is 10.6. The average molecular weight is 626 g/mol. The highest BCUT2D eigenvalue weighted by atomic mass is 35.5. The maximum atomic E-state index is 13.6. The minimum absolute atomic E-state index is 0.0143. The lowest BCUT2D eigenvalue weighted by Crippen LogP contribution is -2.31. The van der Waals surface area contributed by atoms with Gasteiger partial charge in [-0.25, -0.2) is 0 Å². The summed E-state index contributed by atoms with van der Waals surface area (Å²) in [6, 6.07) is 25.8. The summed E-state index contributed by atoms with van der Waals surface area (Å²) >= 11 is 6.31. The molecule has 10 heteroatoms. The quantitative estimate of drug-likeness (QED) is 0.143. The van der Waals surface area contributed by atoms with E-state index in [1.165, 1.54) is 6.07 Å². The van der Waals surface area contributed by atoms with E-state index in [4.69, 9.17) is 20.9 Å². The number of nitrogens with zero attached hydrogens (tertiary/aromatic N) is 3. The maximum Gasteiger partial charge on any atom is 0.417 e. The Labute approximate surface area is 260 Å². The molecule has 3 aromatic carbocycles.